The van der Waals surface area contributed by atoms with Crippen LogP contribution in [0.2, 0.25) is 10.2 Å². The molecule has 0 atom stereocenters. The third-order valence-corrected chi connectivity index (χ3v) is 3.41. The Kier molecular flexibility index (Phi) is 3.21. The summed E-state index contributed by atoms with van der Waals surface area (Å²) in [6.07, 6.45) is 2.24. The Morgan fingerprint density at radius 2 is 2.00 bits per heavy atom. The van der Waals surface area contributed by atoms with Gasteiger partial charge in [-0.2, -0.15) is 0 Å². The SMILES string of the molecule is Oc1cc(Cl)nnc1Oc1c(Cl)cccc1C1CC1. The molecular formula is C13H10Cl2N2O2. The number of aromatic hydroxyl groups is 1. The smallest absolute Gasteiger partial charge is 0.281 e. The lowest BCUT2D eigenvalue weighted by atomic mass is 10.1. The lowest BCUT2D eigenvalue weighted by molar-refractivity contribution is 0.389. The number of benzene rings is 1. The van der Waals surface area contributed by atoms with Crippen LogP contribution in [-0.4, -0.2) is 15.3 Å². The van der Waals surface area contributed by atoms with Crippen molar-refractivity contribution in [3.05, 3.63) is 40.0 Å². The minimum Gasteiger partial charge on any atom is -0.503 e. The molecule has 98 valence electrons. The zero-order chi connectivity index (χ0) is 13.4. The van der Waals surface area contributed by atoms with Gasteiger partial charge in [0.25, 0.3) is 5.88 Å². The van der Waals surface area contributed by atoms with Crippen LogP contribution in [0.4, 0.5) is 0 Å². The maximum atomic E-state index is 9.73. The van der Waals surface area contributed by atoms with Crippen LogP contribution in [-0.2, 0) is 0 Å². The Hall–Kier alpha value is -1.52. The molecule has 6 heteroatoms. The van der Waals surface area contributed by atoms with Crippen molar-refractivity contribution in [1.29, 1.82) is 0 Å². The molecule has 0 unspecified atom stereocenters. The molecular weight excluding hydrogens is 287 g/mol. The van der Waals surface area contributed by atoms with Gasteiger partial charge in [0.1, 0.15) is 0 Å². The average molecular weight is 297 g/mol. The van der Waals surface area contributed by atoms with E-state index < -0.39 is 0 Å². The van der Waals surface area contributed by atoms with Gasteiger partial charge >= 0.3 is 0 Å². The number of hydrogen-bond acceptors (Lipinski definition) is 4. The van der Waals surface area contributed by atoms with Crippen LogP contribution < -0.4 is 4.74 Å². The first-order chi connectivity index (χ1) is 9.15. The molecule has 1 heterocycles. The van der Waals surface area contributed by atoms with Gasteiger partial charge in [0.15, 0.2) is 16.7 Å². The summed E-state index contributed by atoms with van der Waals surface area (Å²) in [6.45, 7) is 0. The summed E-state index contributed by atoms with van der Waals surface area (Å²) in [5.74, 6) is 0.829. The molecule has 0 spiro atoms. The van der Waals surface area contributed by atoms with Gasteiger partial charge in [-0.15, -0.1) is 10.2 Å². The van der Waals surface area contributed by atoms with Gasteiger partial charge in [-0.25, -0.2) is 0 Å². The number of nitrogens with zero attached hydrogens (tertiary/aromatic N) is 2. The van der Waals surface area contributed by atoms with Crippen molar-refractivity contribution < 1.29 is 9.84 Å². The van der Waals surface area contributed by atoms with E-state index in [1.54, 1.807) is 6.07 Å². The highest BCUT2D eigenvalue weighted by Crippen LogP contribution is 2.47. The van der Waals surface area contributed by atoms with E-state index in [0.29, 0.717) is 16.7 Å². The highest BCUT2D eigenvalue weighted by molar-refractivity contribution is 6.32. The summed E-state index contributed by atoms with van der Waals surface area (Å²) in [5.41, 5.74) is 1.03. The van der Waals surface area contributed by atoms with Gasteiger partial charge in [0.2, 0.25) is 0 Å². The van der Waals surface area contributed by atoms with Crippen LogP contribution in [0.1, 0.15) is 24.3 Å². The first-order valence-corrected chi connectivity index (χ1v) is 6.59. The Labute approximate surface area is 119 Å². The summed E-state index contributed by atoms with van der Waals surface area (Å²) < 4.78 is 5.61. The molecule has 0 saturated heterocycles. The predicted octanol–water partition coefficient (Wildman–Crippen LogP) is 4.16. The minimum atomic E-state index is -0.165. The lowest BCUT2D eigenvalue weighted by Gasteiger charge is -2.12. The van der Waals surface area contributed by atoms with Crippen LogP contribution in [0.3, 0.4) is 0 Å². The van der Waals surface area contributed by atoms with Gasteiger partial charge in [-0.3, -0.25) is 0 Å². The summed E-state index contributed by atoms with van der Waals surface area (Å²) >= 11 is 11.8. The molecule has 2 aromatic rings. The first-order valence-electron chi connectivity index (χ1n) is 5.83. The molecule has 19 heavy (non-hydrogen) atoms. The largest absolute Gasteiger partial charge is 0.503 e. The number of rotatable bonds is 3. The Morgan fingerprint density at radius 3 is 2.68 bits per heavy atom. The molecule has 0 radical (unpaired) electrons. The molecule has 1 saturated carbocycles. The number of hydrogen-bond donors (Lipinski definition) is 1. The summed E-state index contributed by atoms with van der Waals surface area (Å²) in [7, 11) is 0. The van der Waals surface area contributed by atoms with Gasteiger partial charge in [0, 0.05) is 6.07 Å². The molecule has 1 fully saturated rings. The van der Waals surface area contributed by atoms with E-state index in [9.17, 15) is 5.11 Å². The van der Waals surface area contributed by atoms with Gasteiger partial charge in [0.05, 0.1) is 5.02 Å². The van der Waals surface area contributed by atoms with E-state index in [4.69, 9.17) is 27.9 Å². The molecule has 1 aromatic carbocycles. The summed E-state index contributed by atoms with van der Waals surface area (Å²) in [6, 6.07) is 6.87. The van der Waals surface area contributed by atoms with Crippen molar-refractivity contribution in [2.75, 3.05) is 0 Å². The van der Waals surface area contributed by atoms with Crippen molar-refractivity contribution in [1.82, 2.24) is 10.2 Å². The monoisotopic (exact) mass is 296 g/mol. The van der Waals surface area contributed by atoms with Crippen molar-refractivity contribution in [2.24, 2.45) is 0 Å². The molecule has 1 N–H and O–H groups in total. The Balaban J connectivity index is 1.98. The molecule has 4 nitrogen and oxygen atoms in total. The topological polar surface area (TPSA) is 55.2 Å². The molecule has 1 aliphatic carbocycles. The predicted molar refractivity (Wildman–Crippen MR) is 72.2 cm³/mol. The van der Waals surface area contributed by atoms with Crippen molar-refractivity contribution in [3.8, 4) is 17.4 Å². The number of halogens is 2. The zero-order valence-electron chi connectivity index (χ0n) is 9.81. The normalized spacial score (nSPS) is 14.4. The van der Waals surface area contributed by atoms with Crippen LogP contribution in [0.25, 0.3) is 0 Å². The van der Waals surface area contributed by atoms with E-state index in [2.05, 4.69) is 10.2 Å². The zero-order valence-corrected chi connectivity index (χ0v) is 11.3. The molecule has 0 amide bonds. The second-order valence-corrected chi connectivity index (χ2v) is 5.19. The van der Waals surface area contributed by atoms with Crippen LogP contribution in [0, 0.1) is 0 Å². The van der Waals surface area contributed by atoms with E-state index in [1.165, 1.54) is 6.07 Å². The highest BCUT2D eigenvalue weighted by Gasteiger charge is 2.28. The number of ether oxygens (including phenoxy) is 1. The van der Waals surface area contributed by atoms with Crippen LogP contribution >= 0.6 is 23.2 Å². The van der Waals surface area contributed by atoms with Crippen LogP contribution in [0.5, 0.6) is 17.4 Å². The second kappa shape index (κ2) is 4.87. The first kappa shape index (κ1) is 12.5. The highest BCUT2D eigenvalue weighted by atomic mass is 35.5. The van der Waals surface area contributed by atoms with E-state index >= 15 is 0 Å². The Bertz CT molecular complexity index is 630. The molecule has 1 aliphatic rings. The third-order valence-electron chi connectivity index (χ3n) is 2.92. The molecule has 0 bridgehead atoms. The standard InChI is InChI=1S/C13H10Cl2N2O2/c14-9-3-1-2-8(7-4-5-7)12(9)19-13-10(18)6-11(15)16-17-13/h1-3,6-7H,4-5H2,(H,16,18). The van der Waals surface area contributed by atoms with Crippen LogP contribution in [0.15, 0.2) is 24.3 Å². The number of aromatic nitrogens is 2. The third kappa shape index (κ3) is 2.60. The average Bonchev–Trinajstić information content (AvgIpc) is 3.19. The second-order valence-electron chi connectivity index (χ2n) is 4.39. The minimum absolute atomic E-state index is 0.000556. The van der Waals surface area contributed by atoms with E-state index in [1.807, 2.05) is 12.1 Å². The van der Waals surface area contributed by atoms with Crippen molar-refractivity contribution in [3.63, 3.8) is 0 Å². The quantitative estimate of drug-likeness (QED) is 0.924. The van der Waals surface area contributed by atoms with E-state index in [-0.39, 0.29) is 16.8 Å². The fourth-order valence-electron chi connectivity index (χ4n) is 1.87. The van der Waals surface area contributed by atoms with Gasteiger partial charge < -0.3 is 9.84 Å². The maximum Gasteiger partial charge on any atom is 0.281 e. The fraction of sp³-hybridized carbons (Fsp3) is 0.231. The summed E-state index contributed by atoms with van der Waals surface area (Å²) in [5, 5.41) is 17.7. The molecule has 3 rings (SSSR count). The van der Waals surface area contributed by atoms with Crippen molar-refractivity contribution >= 4 is 23.2 Å². The van der Waals surface area contributed by atoms with E-state index in [0.717, 1.165) is 18.4 Å². The molecule has 0 aliphatic heterocycles. The fourth-order valence-corrected chi connectivity index (χ4v) is 2.23. The lowest BCUT2D eigenvalue weighted by Crippen LogP contribution is -1.95. The molecule has 1 aromatic heterocycles. The Morgan fingerprint density at radius 1 is 1.21 bits per heavy atom. The van der Waals surface area contributed by atoms with Gasteiger partial charge in [-0.05, 0) is 30.4 Å². The van der Waals surface area contributed by atoms with Gasteiger partial charge in [-0.1, -0.05) is 35.3 Å². The van der Waals surface area contributed by atoms with Crippen molar-refractivity contribution in [2.45, 2.75) is 18.8 Å². The summed E-state index contributed by atoms with van der Waals surface area (Å²) in [4.78, 5) is 0. The maximum absolute atomic E-state index is 9.73. The number of para-hydroxylation sites is 1.